The van der Waals surface area contributed by atoms with E-state index < -0.39 is 5.60 Å². The quantitative estimate of drug-likeness (QED) is 0.555. The van der Waals surface area contributed by atoms with E-state index in [-0.39, 0.29) is 12.4 Å². The largest absolute Gasteiger partial charge is 0.466 e. The van der Waals surface area contributed by atoms with Crippen molar-refractivity contribution >= 4 is 5.96 Å². The fraction of sp³-hybridized carbons (Fsp3) is 0.421. The summed E-state index contributed by atoms with van der Waals surface area (Å²) in [4.78, 5) is 4.48. The molecular formula is C19H26FN3O2. The number of nitrogens with zero attached hydrogens (tertiary/aromatic N) is 1. The van der Waals surface area contributed by atoms with Gasteiger partial charge in [-0.05, 0) is 51.5 Å². The molecule has 0 radical (unpaired) electrons. The highest BCUT2D eigenvalue weighted by Crippen LogP contribution is 2.26. The lowest BCUT2D eigenvalue weighted by Gasteiger charge is -2.24. The van der Waals surface area contributed by atoms with E-state index in [9.17, 15) is 9.50 Å². The lowest BCUT2D eigenvalue weighted by molar-refractivity contribution is 0.0601. The number of guanidine groups is 1. The van der Waals surface area contributed by atoms with Crippen molar-refractivity contribution in [1.82, 2.24) is 10.6 Å². The fourth-order valence-corrected chi connectivity index (χ4v) is 2.62. The minimum Gasteiger partial charge on any atom is -0.466 e. The Morgan fingerprint density at radius 1 is 1.24 bits per heavy atom. The van der Waals surface area contributed by atoms with Crippen LogP contribution in [0.25, 0.3) is 0 Å². The molecule has 0 aliphatic carbocycles. The number of furan rings is 1. The Bertz CT molecular complexity index is 721. The highest BCUT2D eigenvalue weighted by molar-refractivity contribution is 5.79. The summed E-state index contributed by atoms with van der Waals surface area (Å²) in [6, 6.07) is 8.09. The van der Waals surface area contributed by atoms with Gasteiger partial charge in [-0.25, -0.2) is 9.38 Å². The molecule has 0 spiro atoms. The van der Waals surface area contributed by atoms with Gasteiger partial charge in [-0.15, -0.1) is 0 Å². The molecular weight excluding hydrogens is 321 g/mol. The number of aryl methyl sites for hydroxylation is 2. The van der Waals surface area contributed by atoms with E-state index >= 15 is 0 Å². The van der Waals surface area contributed by atoms with Crippen LogP contribution in [0.3, 0.4) is 0 Å². The summed E-state index contributed by atoms with van der Waals surface area (Å²) in [5.41, 5.74) is 0.576. The Labute approximate surface area is 148 Å². The van der Waals surface area contributed by atoms with Gasteiger partial charge in [0.2, 0.25) is 0 Å². The standard InChI is InChI=1S/C19H26FN3O2/c1-5-21-18(22-11-15-6-8-16(20)9-7-15)23-12-19(4,24)17-10-13(2)25-14(17)3/h6-10,24H,5,11-12H2,1-4H3,(H2,21,22,23). The van der Waals surface area contributed by atoms with Crippen LogP contribution in [0.5, 0.6) is 0 Å². The lowest BCUT2D eigenvalue weighted by Crippen LogP contribution is -2.44. The molecule has 6 heteroatoms. The van der Waals surface area contributed by atoms with Gasteiger partial charge in [0.25, 0.3) is 0 Å². The van der Waals surface area contributed by atoms with Crippen molar-refractivity contribution in [3.05, 3.63) is 58.8 Å². The van der Waals surface area contributed by atoms with E-state index in [1.807, 2.05) is 26.8 Å². The second kappa shape index (κ2) is 8.16. The molecule has 0 amide bonds. The monoisotopic (exact) mass is 347 g/mol. The first-order valence-electron chi connectivity index (χ1n) is 8.38. The second-order valence-electron chi connectivity index (χ2n) is 6.28. The second-order valence-corrected chi connectivity index (χ2v) is 6.28. The molecule has 1 unspecified atom stereocenters. The normalized spacial score (nSPS) is 14.2. The number of nitrogens with one attached hydrogen (secondary N) is 2. The van der Waals surface area contributed by atoms with Crippen molar-refractivity contribution in [3.8, 4) is 0 Å². The number of aliphatic imine (C=N–C) groups is 1. The van der Waals surface area contributed by atoms with E-state index in [1.165, 1.54) is 12.1 Å². The molecule has 2 aromatic rings. The maximum Gasteiger partial charge on any atom is 0.191 e. The molecule has 0 saturated carbocycles. The van der Waals surface area contributed by atoms with Crippen LogP contribution in [0.4, 0.5) is 4.39 Å². The SMILES string of the molecule is CCNC(=NCc1ccc(F)cc1)NCC(C)(O)c1cc(C)oc1C. The first kappa shape index (κ1) is 19.0. The van der Waals surface area contributed by atoms with Crippen molar-refractivity contribution < 1.29 is 13.9 Å². The third kappa shape index (κ3) is 5.32. The molecule has 136 valence electrons. The molecule has 0 aliphatic rings. The van der Waals surface area contributed by atoms with Gasteiger partial charge in [0.15, 0.2) is 5.96 Å². The van der Waals surface area contributed by atoms with Gasteiger partial charge >= 0.3 is 0 Å². The molecule has 25 heavy (non-hydrogen) atoms. The number of rotatable bonds is 6. The molecule has 1 aromatic heterocycles. The minimum absolute atomic E-state index is 0.264. The van der Waals surface area contributed by atoms with Crippen LogP contribution in [-0.4, -0.2) is 24.2 Å². The van der Waals surface area contributed by atoms with Gasteiger partial charge < -0.3 is 20.2 Å². The van der Waals surface area contributed by atoms with Crippen LogP contribution < -0.4 is 10.6 Å². The van der Waals surface area contributed by atoms with Gasteiger partial charge in [-0.3, -0.25) is 0 Å². The van der Waals surface area contributed by atoms with Gasteiger partial charge in [-0.1, -0.05) is 12.1 Å². The molecule has 0 aliphatic heterocycles. The van der Waals surface area contributed by atoms with Crippen LogP contribution in [0.15, 0.2) is 39.7 Å². The van der Waals surface area contributed by atoms with E-state index in [2.05, 4.69) is 15.6 Å². The first-order chi connectivity index (χ1) is 11.8. The van der Waals surface area contributed by atoms with Crippen LogP contribution in [0.2, 0.25) is 0 Å². The van der Waals surface area contributed by atoms with Crippen LogP contribution >= 0.6 is 0 Å². The summed E-state index contributed by atoms with van der Waals surface area (Å²) in [5.74, 6) is 1.80. The molecule has 3 N–H and O–H groups in total. The molecule has 1 heterocycles. The third-order valence-electron chi connectivity index (χ3n) is 3.90. The summed E-state index contributed by atoms with van der Waals surface area (Å²) in [6.45, 7) is 8.79. The Morgan fingerprint density at radius 2 is 1.92 bits per heavy atom. The fourth-order valence-electron chi connectivity index (χ4n) is 2.62. The van der Waals surface area contributed by atoms with Crippen molar-refractivity contribution in [2.45, 2.75) is 39.8 Å². The summed E-state index contributed by atoms with van der Waals surface area (Å²) >= 11 is 0. The summed E-state index contributed by atoms with van der Waals surface area (Å²) in [6.07, 6.45) is 0. The predicted octanol–water partition coefficient (Wildman–Crippen LogP) is 3.00. The molecule has 5 nitrogen and oxygen atoms in total. The van der Waals surface area contributed by atoms with Crippen molar-refractivity contribution in [1.29, 1.82) is 0 Å². The minimum atomic E-state index is -1.09. The topological polar surface area (TPSA) is 69.8 Å². The van der Waals surface area contributed by atoms with Crippen molar-refractivity contribution in [2.75, 3.05) is 13.1 Å². The average Bonchev–Trinajstić information content (AvgIpc) is 2.91. The van der Waals surface area contributed by atoms with Gasteiger partial charge in [0, 0.05) is 12.1 Å². The Hall–Kier alpha value is -2.34. The molecule has 2 rings (SSSR count). The highest BCUT2D eigenvalue weighted by atomic mass is 19.1. The zero-order chi connectivity index (χ0) is 18.4. The zero-order valence-corrected chi connectivity index (χ0v) is 15.2. The van der Waals surface area contributed by atoms with E-state index in [0.717, 1.165) is 16.9 Å². The number of benzene rings is 1. The van der Waals surface area contributed by atoms with Gasteiger partial charge in [0.05, 0.1) is 13.1 Å². The predicted molar refractivity (Wildman–Crippen MR) is 97.0 cm³/mol. The number of aliphatic hydroxyl groups is 1. The maximum absolute atomic E-state index is 13.0. The van der Waals surface area contributed by atoms with Crippen molar-refractivity contribution in [3.63, 3.8) is 0 Å². The summed E-state index contributed by atoms with van der Waals surface area (Å²) in [5, 5.41) is 17.1. The number of hydrogen-bond donors (Lipinski definition) is 3. The Balaban J connectivity index is 2.04. The zero-order valence-electron chi connectivity index (χ0n) is 15.2. The maximum atomic E-state index is 13.0. The number of hydrogen-bond acceptors (Lipinski definition) is 3. The van der Waals surface area contributed by atoms with Gasteiger partial charge in [0.1, 0.15) is 22.9 Å². The average molecular weight is 347 g/mol. The van der Waals surface area contributed by atoms with Crippen LogP contribution in [0.1, 0.15) is 36.5 Å². The van der Waals surface area contributed by atoms with E-state index in [0.29, 0.717) is 24.8 Å². The van der Waals surface area contributed by atoms with E-state index in [1.54, 1.807) is 19.1 Å². The van der Waals surface area contributed by atoms with Gasteiger partial charge in [-0.2, -0.15) is 0 Å². The Morgan fingerprint density at radius 3 is 2.48 bits per heavy atom. The highest BCUT2D eigenvalue weighted by Gasteiger charge is 2.27. The molecule has 1 aromatic carbocycles. The van der Waals surface area contributed by atoms with Crippen LogP contribution in [-0.2, 0) is 12.1 Å². The molecule has 0 fully saturated rings. The summed E-state index contributed by atoms with van der Waals surface area (Å²) < 4.78 is 18.5. The van der Waals surface area contributed by atoms with Crippen LogP contribution in [0, 0.1) is 19.7 Å². The molecule has 0 saturated heterocycles. The smallest absolute Gasteiger partial charge is 0.191 e. The third-order valence-corrected chi connectivity index (χ3v) is 3.90. The number of halogens is 1. The van der Waals surface area contributed by atoms with Crippen molar-refractivity contribution in [2.24, 2.45) is 4.99 Å². The first-order valence-corrected chi connectivity index (χ1v) is 8.38. The summed E-state index contributed by atoms with van der Waals surface area (Å²) in [7, 11) is 0. The Kier molecular flexibility index (Phi) is 6.20. The molecule has 0 bridgehead atoms. The lowest BCUT2D eigenvalue weighted by atomic mass is 9.96. The van der Waals surface area contributed by atoms with E-state index in [4.69, 9.17) is 4.42 Å². The molecule has 1 atom stereocenters.